The summed E-state index contributed by atoms with van der Waals surface area (Å²) in [6, 6.07) is 13.2. The van der Waals surface area contributed by atoms with Crippen LogP contribution in [0.3, 0.4) is 0 Å². The van der Waals surface area contributed by atoms with Gasteiger partial charge in [-0.25, -0.2) is 0 Å². The molecule has 2 amide bonds. The van der Waals surface area contributed by atoms with E-state index in [1.807, 2.05) is 50.2 Å². The molecule has 23 heavy (non-hydrogen) atoms. The van der Waals surface area contributed by atoms with Crippen molar-refractivity contribution in [3.05, 3.63) is 58.1 Å². The standard InChI is InChI=1S/C18H19BrN2O2/c1-12-8-9-17(13(2)10-12)21(14(3)22)11-18(23)20-16-7-5-4-6-15(16)19/h4-10H,11H2,1-3H3,(H,20,23). The number of aryl methyl sites for hydroxylation is 2. The number of carbonyl (C=O) groups excluding carboxylic acids is 2. The number of amides is 2. The third-order valence-electron chi connectivity index (χ3n) is 3.47. The van der Waals surface area contributed by atoms with Gasteiger partial charge < -0.3 is 10.2 Å². The van der Waals surface area contributed by atoms with Crippen molar-refractivity contribution in [1.82, 2.24) is 0 Å². The fourth-order valence-electron chi connectivity index (χ4n) is 2.37. The van der Waals surface area contributed by atoms with Crippen molar-refractivity contribution in [2.45, 2.75) is 20.8 Å². The van der Waals surface area contributed by atoms with E-state index in [9.17, 15) is 9.59 Å². The molecule has 0 atom stereocenters. The lowest BCUT2D eigenvalue weighted by atomic mass is 10.1. The summed E-state index contributed by atoms with van der Waals surface area (Å²) in [6.45, 7) is 5.37. The molecule has 0 bridgehead atoms. The molecule has 2 rings (SSSR count). The van der Waals surface area contributed by atoms with Gasteiger partial charge in [-0.3, -0.25) is 9.59 Å². The predicted molar refractivity (Wildman–Crippen MR) is 96.7 cm³/mol. The smallest absolute Gasteiger partial charge is 0.244 e. The van der Waals surface area contributed by atoms with Crippen LogP contribution in [0.2, 0.25) is 0 Å². The van der Waals surface area contributed by atoms with E-state index < -0.39 is 0 Å². The van der Waals surface area contributed by atoms with E-state index in [2.05, 4.69) is 21.2 Å². The van der Waals surface area contributed by atoms with Crippen LogP contribution in [0.5, 0.6) is 0 Å². The van der Waals surface area contributed by atoms with Gasteiger partial charge in [-0.2, -0.15) is 0 Å². The highest BCUT2D eigenvalue weighted by Gasteiger charge is 2.18. The first-order chi connectivity index (χ1) is 10.9. The summed E-state index contributed by atoms with van der Waals surface area (Å²) < 4.78 is 0.800. The van der Waals surface area contributed by atoms with Gasteiger partial charge in [0.2, 0.25) is 11.8 Å². The first kappa shape index (κ1) is 17.2. The number of carbonyl (C=O) groups is 2. The average Bonchev–Trinajstić information content (AvgIpc) is 2.48. The van der Waals surface area contributed by atoms with E-state index in [-0.39, 0.29) is 18.4 Å². The summed E-state index contributed by atoms with van der Waals surface area (Å²) >= 11 is 3.39. The molecule has 0 aromatic heterocycles. The lowest BCUT2D eigenvalue weighted by Crippen LogP contribution is -2.37. The summed E-state index contributed by atoms with van der Waals surface area (Å²) in [5.74, 6) is -0.411. The van der Waals surface area contributed by atoms with Gasteiger partial charge in [0.15, 0.2) is 0 Å². The minimum Gasteiger partial charge on any atom is -0.324 e. The molecular formula is C18H19BrN2O2. The Bertz CT molecular complexity index is 744. The summed E-state index contributed by atoms with van der Waals surface area (Å²) in [4.78, 5) is 25.8. The van der Waals surface area contributed by atoms with Crippen LogP contribution < -0.4 is 10.2 Å². The van der Waals surface area contributed by atoms with E-state index in [0.29, 0.717) is 5.69 Å². The zero-order valence-electron chi connectivity index (χ0n) is 13.4. The predicted octanol–water partition coefficient (Wildman–Crippen LogP) is 4.06. The molecule has 0 aliphatic carbocycles. The normalized spacial score (nSPS) is 10.3. The number of nitrogens with one attached hydrogen (secondary N) is 1. The third kappa shape index (κ3) is 4.42. The lowest BCUT2D eigenvalue weighted by molar-refractivity contribution is -0.120. The maximum Gasteiger partial charge on any atom is 0.244 e. The van der Waals surface area contributed by atoms with Crippen LogP contribution in [0.15, 0.2) is 46.9 Å². The monoisotopic (exact) mass is 374 g/mol. The summed E-state index contributed by atoms with van der Waals surface area (Å²) in [7, 11) is 0. The maximum absolute atomic E-state index is 12.3. The maximum atomic E-state index is 12.3. The second-order valence-electron chi connectivity index (χ2n) is 5.42. The van der Waals surface area contributed by atoms with Crippen LogP contribution in [0.25, 0.3) is 0 Å². The van der Waals surface area contributed by atoms with E-state index >= 15 is 0 Å². The van der Waals surface area contributed by atoms with Crippen molar-refractivity contribution in [2.24, 2.45) is 0 Å². The second-order valence-corrected chi connectivity index (χ2v) is 6.28. The molecule has 0 unspecified atom stereocenters. The molecule has 1 N–H and O–H groups in total. The molecule has 2 aromatic carbocycles. The molecule has 0 saturated heterocycles. The minimum absolute atomic E-state index is 0.0272. The molecule has 0 radical (unpaired) electrons. The highest BCUT2D eigenvalue weighted by Crippen LogP contribution is 2.23. The Labute approximate surface area is 144 Å². The number of hydrogen-bond donors (Lipinski definition) is 1. The number of para-hydroxylation sites is 1. The zero-order chi connectivity index (χ0) is 17.0. The molecule has 0 aliphatic heterocycles. The van der Waals surface area contributed by atoms with Crippen LogP contribution in [0.1, 0.15) is 18.1 Å². The lowest BCUT2D eigenvalue weighted by Gasteiger charge is -2.23. The first-order valence-corrected chi connectivity index (χ1v) is 8.07. The van der Waals surface area contributed by atoms with Gasteiger partial charge in [0, 0.05) is 17.1 Å². The number of benzene rings is 2. The van der Waals surface area contributed by atoms with E-state index in [0.717, 1.165) is 21.3 Å². The number of rotatable bonds is 4. The topological polar surface area (TPSA) is 49.4 Å². The Morgan fingerprint density at radius 1 is 1.13 bits per heavy atom. The number of anilines is 2. The van der Waals surface area contributed by atoms with Crippen LogP contribution in [0.4, 0.5) is 11.4 Å². The van der Waals surface area contributed by atoms with E-state index in [1.54, 1.807) is 6.07 Å². The van der Waals surface area contributed by atoms with Crippen molar-refractivity contribution in [3.63, 3.8) is 0 Å². The Morgan fingerprint density at radius 3 is 2.43 bits per heavy atom. The Hall–Kier alpha value is -2.14. The third-order valence-corrected chi connectivity index (χ3v) is 4.16. The van der Waals surface area contributed by atoms with Crippen LogP contribution in [0, 0.1) is 13.8 Å². The van der Waals surface area contributed by atoms with Crippen LogP contribution in [-0.4, -0.2) is 18.4 Å². The molecule has 0 spiro atoms. The SMILES string of the molecule is CC(=O)N(CC(=O)Nc1ccccc1Br)c1ccc(C)cc1C. The number of hydrogen-bond acceptors (Lipinski definition) is 2. The molecule has 0 fully saturated rings. The molecule has 0 saturated carbocycles. The van der Waals surface area contributed by atoms with Gasteiger partial charge in [-0.05, 0) is 53.5 Å². The Kier molecular flexibility index (Phi) is 5.55. The van der Waals surface area contributed by atoms with E-state index in [4.69, 9.17) is 0 Å². The fourth-order valence-corrected chi connectivity index (χ4v) is 2.75. The van der Waals surface area contributed by atoms with E-state index in [1.165, 1.54) is 11.8 Å². The molecule has 120 valence electrons. The summed E-state index contributed by atoms with van der Waals surface area (Å²) in [6.07, 6.45) is 0. The molecule has 0 aliphatic rings. The number of halogens is 1. The summed E-state index contributed by atoms with van der Waals surface area (Å²) in [5, 5.41) is 2.82. The van der Waals surface area contributed by atoms with Crippen molar-refractivity contribution in [1.29, 1.82) is 0 Å². The van der Waals surface area contributed by atoms with Gasteiger partial charge in [-0.15, -0.1) is 0 Å². The molecule has 0 heterocycles. The van der Waals surface area contributed by atoms with Gasteiger partial charge >= 0.3 is 0 Å². The van der Waals surface area contributed by atoms with Crippen molar-refractivity contribution in [3.8, 4) is 0 Å². The molecule has 2 aromatic rings. The van der Waals surface area contributed by atoms with Crippen LogP contribution in [-0.2, 0) is 9.59 Å². The second kappa shape index (κ2) is 7.42. The van der Waals surface area contributed by atoms with Gasteiger partial charge in [0.1, 0.15) is 6.54 Å². The largest absolute Gasteiger partial charge is 0.324 e. The fraction of sp³-hybridized carbons (Fsp3) is 0.222. The zero-order valence-corrected chi connectivity index (χ0v) is 15.0. The highest BCUT2D eigenvalue weighted by atomic mass is 79.9. The average molecular weight is 375 g/mol. The van der Waals surface area contributed by atoms with Crippen molar-refractivity contribution in [2.75, 3.05) is 16.8 Å². The molecule has 5 heteroatoms. The summed E-state index contributed by atoms with van der Waals surface area (Å²) in [5.41, 5.74) is 3.52. The minimum atomic E-state index is -0.243. The molecule has 4 nitrogen and oxygen atoms in total. The van der Waals surface area contributed by atoms with Crippen molar-refractivity contribution >= 4 is 39.1 Å². The molecular weight excluding hydrogens is 356 g/mol. The Morgan fingerprint density at radius 2 is 1.83 bits per heavy atom. The highest BCUT2D eigenvalue weighted by molar-refractivity contribution is 9.10. The van der Waals surface area contributed by atoms with Crippen molar-refractivity contribution < 1.29 is 9.59 Å². The quantitative estimate of drug-likeness (QED) is 0.876. The van der Waals surface area contributed by atoms with Gasteiger partial charge in [0.05, 0.1) is 5.69 Å². The first-order valence-electron chi connectivity index (χ1n) is 7.28. The van der Waals surface area contributed by atoms with Crippen LogP contribution >= 0.6 is 15.9 Å². The number of nitrogens with zero attached hydrogens (tertiary/aromatic N) is 1. The van der Waals surface area contributed by atoms with Gasteiger partial charge in [-0.1, -0.05) is 29.8 Å². The van der Waals surface area contributed by atoms with Gasteiger partial charge in [0.25, 0.3) is 0 Å². The Balaban J connectivity index is 2.18.